The third-order valence-electron chi connectivity index (χ3n) is 4.48. The number of halogens is 1. The second-order valence-electron chi connectivity index (χ2n) is 9.52. The SMILES string of the molecule is CC(C)(C)CC(C)(C)NC(=O)c1ccc(N(Cc2ccc(Cl)cc2)S(C)(=O)=O)cc1. The number of rotatable bonds is 7. The molecule has 0 aliphatic heterocycles. The van der Waals surface area contributed by atoms with Gasteiger partial charge in [0.05, 0.1) is 18.5 Å². The predicted molar refractivity (Wildman–Crippen MR) is 125 cm³/mol. The fraction of sp³-hybridized carbons (Fsp3) is 0.435. The molecule has 0 aromatic heterocycles. The van der Waals surface area contributed by atoms with Gasteiger partial charge in [-0.1, -0.05) is 44.5 Å². The molecule has 1 amide bonds. The highest BCUT2D eigenvalue weighted by Gasteiger charge is 2.27. The van der Waals surface area contributed by atoms with Gasteiger partial charge >= 0.3 is 0 Å². The van der Waals surface area contributed by atoms with Gasteiger partial charge in [0.15, 0.2) is 0 Å². The Balaban J connectivity index is 2.20. The van der Waals surface area contributed by atoms with Crippen molar-refractivity contribution in [1.82, 2.24) is 5.32 Å². The molecule has 0 fully saturated rings. The summed E-state index contributed by atoms with van der Waals surface area (Å²) in [6, 6.07) is 13.6. The van der Waals surface area contributed by atoms with Crippen LogP contribution >= 0.6 is 11.6 Å². The second-order valence-corrected chi connectivity index (χ2v) is 11.9. The van der Waals surface area contributed by atoms with Crippen molar-refractivity contribution in [3.8, 4) is 0 Å². The van der Waals surface area contributed by atoms with E-state index in [4.69, 9.17) is 11.6 Å². The average Bonchev–Trinajstić information content (AvgIpc) is 2.57. The van der Waals surface area contributed by atoms with Crippen LogP contribution in [-0.2, 0) is 16.6 Å². The lowest BCUT2D eigenvalue weighted by molar-refractivity contribution is 0.0891. The standard InChI is InChI=1S/C23H31ClN2O3S/c1-22(2,3)16-23(4,5)25-21(27)18-9-13-20(14-10-18)26(30(6,28)29)15-17-7-11-19(24)12-8-17/h7-14H,15-16H2,1-6H3,(H,25,27). The number of benzene rings is 2. The molecular formula is C23H31ClN2O3S. The normalized spacial score (nSPS) is 12.5. The summed E-state index contributed by atoms with van der Waals surface area (Å²) < 4.78 is 26.0. The zero-order valence-electron chi connectivity index (χ0n) is 18.5. The first-order valence-electron chi connectivity index (χ1n) is 9.81. The Morgan fingerprint density at radius 2 is 1.50 bits per heavy atom. The Labute approximate surface area is 185 Å². The molecule has 164 valence electrons. The van der Waals surface area contributed by atoms with Gasteiger partial charge in [0.2, 0.25) is 10.0 Å². The highest BCUT2D eigenvalue weighted by atomic mass is 35.5. The number of hydrogen-bond acceptors (Lipinski definition) is 3. The third-order valence-corrected chi connectivity index (χ3v) is 5.87. The van der Waals surface area contributed by atoms with Crippen LogP contribution in [0, 0.1) is 5.41 Å². The molecule has 0 spiro atoms. The minimum atomic E-state index is -3.51. The van der Waals surface area contributed by atoms with E-state index in [9.17, 15) is 13.2 Å². The maximum absolute atomic E-state index is 12.7. The first-order valence-corrected chi connectivity index (χ1v) is 12.0. The Kier molecular flexibility index (Phi) is 7.25. The first kappa shape index (κ1) is 24.2. The highest BCUT2D eigenvalue weighted by molar-refractivity contribution is 7.92. The molecule has 0 bridgehead atoms. The van der Waals surface area contributed by atoms with E-state index in [1.54, 1.807) is 48.5 Å². The van der Waals surface area contributed by atoms with E-state index in [0.29, 0.717) is 16.3 Å². The summed E-state index contributed by atoms with van der Waals surface area (Å²) in [6.45, 7) is 10.6. The molecule has 5 nitrogen and oxygen atoms in total. The predicted octanol–water partition coefficient (Wildman–Crippen LogP) is 5.25. The van der Waals surface area contributed by atoms with Crippen LogP contribution in [0.15, 0.2) is 48.5 Å². The molecule has 0 aliphatic carbocycles. The van der Waals surface area contributed by atoms with Gasteiger partial charge in [0.1, 0.15) is 0 Å². The van der Waals surface area contributed by atoms with E-state index >= 15 is 0 Å². The van der Waals surface area contributed by atoms with Gasteiger partial charge in [-0.3, -0.25) is 9.10 Å². The molecule has 0 saturated heterocycles. The van der Waals surface area contributed by atoms with Crippen molar-refractivity contribution >= 4 is 33.2 Å². The highest BCUT2D eigenvalue weighted by Crippen LogP contribution is 2.27. The summed E-state index contributed by atoms with van der Waals surface area (Å²) in [4.78, 5) is 12.7. The number of carbonyl (C=O) groups is 1. The van der Waals surface area contributed by atoms with Crippen LogP contribution in [0.3, 0.4) is 0 Å². The topological polar surface area (TPSA) is 66.5 Å². The Morgan fingerprint density at radius 1 is 0.967 bits per heavy atom. The van der Waals surface area contributed by atoms with E-state index in [1.165, 1.54) is 10.6 Å². The van der Waals surface area contributed by atoms with E-state index in [2.05, 4.69) is 26.1 Å². The summed E-state index contributed by atoms with van der Waals surface area (Å²) in [5.74, 6) is -0.181. The molecule has 30 heavy (non-hydrogen) atoms. The van der Waals surface area contributed by atoms with Gasteiger partial charge in [0, 0.05) is 16.1 Å². The Hall–Kier alpha value is -2.05. The summed E-state index contributed by atoms with van der Waals surface area (Å²) in [7, 11) is -3.51. The van der Waals surface area contributed by atoms with Gasteiger partial charge in [-0.2, -0.15) is 0 Å². The lowest BCUT2D eigenvalue weighted by atomic mass is 9.81. The monoisotopic (exact) mass is 450 g/mol. The second kappa shape index (κ2) is 8.98. The number of sulfonamides is 1. The maximum Gasteiger partial charge on any atom is 0.251 e. The molecule has 0 aliphatic rings. The quantitative estimate of drug-likeness (QED) is 0.626. The van der Waals surface area contributed by atoms with Gasteiger partial charge in [-0.05, 0) is 67.6 Å². The van der Waals surface area contributed by atoms with Gasteiger partial charge in [-0.25, -0.2) is 8.42 Å². The van der Waals surface area contributed by atoms with Crippen molar-refractivity contribution < 1.29 is 13.2 Å². The van der Waals surface area contributed by atoms with Crippen LogP contribution in [-0.4, -0.2) is 26.1 Å². The van der Waals surface area contributed by atoms with Crippen LogP contribution in [0.2, 0.25) is 5.02 Å². The molecule has 0 atom stereocenters. The first-order chi connectivity index (χ1) is 13.7. The van der Waals surface area contributed by atoms with E-state index in [0.717, 1.165) is 12.0 Å². The molecule has 2 rings (SSSR count). The molecule has 0 unspecified atom stereocenters. The summed E-state index contributed by atoms with van der Waals surface area (Å²) >= 11 is 5.91. The fourth-order valence-electron chi connectivity index (χ4n) is 3.68. The zero-order valence-corrected chi connectivity index (χ0v) is 20.1. The van der Waals surface area contributed by atoms with Crippen molar-refractivity contribution in [2.75, 3.05) is 10.6 Å². The average molecular weight is 451 g/mol. The van der Waals surface area contributed by atoms with Crippen LogP contribution in [0.5, 0.6) is 0 Å². The minimum absolute atomic E-state index is 0.0816. The zero-order chi connectivity index (χ0) is 22.7. The molecule has 0 heterocycles. The number of anilines is 1. The van der Waals surface area contributed by atoms with E-state index in [-0.39, 0.29) is 23.4 Å². The van der Waals surface area contributed by atoms with Crippen molar-refractivity contribution in [3.63, 3.8) is 0 Å². The summed E-state index contributed by atoms with van der Waals surface area (Å²) in [5, 5.41) is 3.66. The molecular weight excluding hydrogens is 420 g/mol. The van der Waals surface area contributed by atoms with E-state index in [1.807, 2.05) is 13.8 Å². The van der Waals surface area contributed by atoms with Crippen LogP contribution in [0.4, 0.5) is 5.69 Å². The van der Waals surface area contributed by atoms with Crippen LogP contribution in [0.1, 0.15) is 57.0 Å². The van der Waals surface area contributed by atoms with Crippen molar-refractivity contribution in [2.24, 2.45) is 5.41 Å². The Morgan fingerprint density at radius 3 is 1.97 bits per heavy atom. The van der Waals surface area contributed by atoms with E-state index < -0.39 is 10.0 Å². The van der Waals surface area contributed by atoms with Gasteiger partial charge in [0.25, 0.3) is 5.91 Å². The minimum Gasteiger partial charge on any atom is -0.347 e. The number of nitrogens with zero attached hydrogens (tertiary/aromatic N) is 1. The summed E-state index contributed by atoms with van der Waals surface area (Å²) in [6.07, 6.45) is 1.99. The van der Waals surface area contributed by atoms with Crippen molar-refractivity contribution in [3.05, 3.63) is 64.7 Å². The summed E-state index contributed by atoms with van der Waals surface area (Å²) in [5.41, 5.74) is 1.52. The molecule has 2 aromatic rings. The van der Waals surface area contributed by atoms with Crippen LogP contribution in [0.25, 0.3) is 0 Å². The van der Waals surface area contributed by atoms with Gasteiger partial charge < -0.3 is 5.32 Å². The van der Waals surface area contributed by atoms with Crippen LogP contribution < -0.4 is 9.62 Å². The number of carbonyl (C=O) groups excluding carboxylic acids is 1. The number of nitrogens with one attached hydrogen (secondary N) is 1. The molecule has 0 saturated carbocycles. The Bertz CT molecular complexity index is 977. The van der Waals surface area contributed by atoms with Crippen molar-refractivity contribution in [2.45, 2.75) is 53.1 Å². The molecule has 7 heteroatoms. The van der Waals surface area contributed by atoms with Gasteiger partial charge in [-0.15, -0.1) is 0 Å². The number of hydrogen-bond donors (Lipinski definition) is 1. The smallest absolute Gasteiger partial charge is 0.251 e. The third kappa shape index (κ3) is 7.33. The molecule has 0 radical (unpaired) electrons. The lowest BCUT2D eigenvalue weighted by Crippen LogP contribution is -2.45. The van der Waals surface area contributed by atoms with Crippen molar-refractivity contribution in [1.29, 1.82) is 0 Å². The maximum atomic E-state index is 12.7. The lowest BCUT2D eigenvalue weighted by Gasteiger charge is -2.33. The molecule has 1 N–H and O–H groups in total. The largest absolute Gasteiger partial charge is 0.347 e. The number of amides is 1. The molecule has 2 aromatic carbocycles. The fourth-order valence-corrected chi connectivity index (χ4v) is 4.70.